The van der Waals surface area contributed by atoms with Gasteiger partial charge in [0, 0.05) is 10.8 Å². The largest absolute Gasteiger partial charge is 0.456 e. The predicted molar refractivity (Wildman–Crippen MR) is 261 cm³/mol. The van der Waals surface area contributed by atoms with E-state index in [0.29, 0.717) is 0 Å². The Morgan fingerprint density at radius 2 is 0.623 bits per heavy atom. The molecule has 0 amide bonds. The molecule has 61 heavy (non-hydrogen) atoms. The van der Waals surface area contributed by atoms with Crippen LogP contribution in [0.4, 0.5) is 0 Å². The summed E-state index contributed by atoms with van der Waals surface area (Å²) in [6.07, 6.45) is 0. The molecule has 0 atom stereocenters. The highest BCUT2D eigenvalue weighted by atomic mass is 16.3. The van der Waals surface area contributed by atoms with Crippen LogP contribution in [0.2, 0.25) is 0 Å². The molecule has 1 nitrogen and oxygen atoms in total. The van der Waals surface area contributed by atoms with Gasteiger partial charge in [0.15, 0.2) is 0 Å². The summed E-state index contributed by atoms with van der Waals surface area (Å²) in [5.41, 5.74) is 9.16. The van der Waals surface area contributed by atoms with Crippen molar-refractivity contribution in [1.29, 1.82) is 0 Å². The van der Waals surface area contributed by atoms with Crippen LogP contribution in [0.3, 0.4) is 0 Å². The van der Waals surface area contributed by atoms with Crippen LogP contribution in [0.25, 0.3) is 141 Å². The lowest BCUT2D eigenvalue weighted by Gasteiger charge is -2.20. The number of benzene rings is 12. The van der Waals surface area contributed by atoms with Gasteiger partial charge in [-0.25, -0.2) is 0 Å². The Balaban J connectivity index is 1.04. The summed E-state index contributed by atoms with van der Waals surface area (Å²) in [4.78, 5) is 0. The zero-order valence-electron chi connectivity index (χ0n) is 33.0. The number of hydrogen-bond donors (Lipinski definition) is 0. The van der Waals surface area contributed by atoms with Crippen LogP contribution in [0.1, 0.15) is 0 Å². The maximum atomic E-state index is 6.14. The van der Waals surface area contributed by atoms with Crippen LogP contribution < -0.4 is 0 Å². The molecule has 14 rings (SSSR count). The fraction of sp³-hybridized carbons (Fsp3) is 0. The summed E-state index contributed by atoms with van der Waals surface area (Å²) < 4.78 is 6.14. The third kappa shape index (κ3) is 4.61. The molecule has 1 heteroatoms. The van der Waals surface area contributed by atoms with Gasteiger partial charge in [-0.1, -0.05) is 176 Å². The number of rotatable bonds is 3. The first-order chi connectivity index (χ1) is 30.2. The standard InChI is InChI=1S/C60H34O/c1-3-16-46-44(14-1)55(39-24-22-35(23-25-39)40-30-31-54-51(33-40)43-13-5-6-21-53(43)61-54)45-15-2-4-17-47(45)56(46)42-32-41-29-28-38-11-8-19-49-48-18-7-10-36-26-27-37-12-9-20-50(59(37)57(36)48)52(34-42)60(41)58(38)49/h1-34H. The van der Waals surface area contributed by atoms with Gasteiger partial charge in [-0.3, -0.25) is 0 Å². The highest BCUT2D eigenvalue weighted by Crippen LogP contribution is 2.48. The Morgan fingerprint density at radius 1 is 0.213 bits per heavy atom. The minimum absolute atomic E-state index is 0.916. The Bertz CT molecular complexity index is 4090. The maximum absolute atomic E-state index is 6.14. The zero-order valence-corrected chi connectivity index (χ0v) is 33.0. The van der Waals surface area contributed by atoms with Gasteiger partial charge in [0.1, 0.15) is 11.2 Å². The van der Waals surface area contributed by atoms with Crippen molar-refractivity contribution in [3.05, 3.63) is 206 Å². The minimum Gasteiger partial charge on any atom is -0.456 e. The average molecular weight is 771 g/mol. The molecule has 0 spiro atoms. The van der Waals surface area contributed by atoms with Crippen molar-refractivity contribution >= 4 is 108 Å². The van der Waals surface area contributed by atoms with Crippen LogP contribution >= 0.6 is 0 Å². The van der Waals surface area contributed by atoms with Gasteiger partial charge < -0.3 is 4.42 Å². The molecule has 280 valence electrons. The zero-order chi connectivity index (χ0) is 39.8. The second-order valence-electron chi connectivity index (χ2n) is 16.7. The molecular formula is C60H34O. The summed E-state index contributed by atoms with van der Waals surface area (Å²) in [5, 5.41) is 22.8. The molecule has 0 unspecified atom stereocenters. The third-order valence-corrected chi connectivity index (χ3v) is 13.5. The second kappa shape index (κ2) is 12.3. The molecule has 14 aromatic rings. The van der Waals surface area contributed by atoms with Crippen molar-refractivity contribution in [2.45, 2.75) is 0 Å². The van der Waals surface area contributed by atoms with E-state index in [0.717, 1.165) is 21.9 Å². The first-order valence-electron chi connectivity index (χ1n) is 21.2. The molecule has 0 saturated carbocycles. The number of hydrogen-bond acceptors (Lipinski definition) is 1. The first kappa shape index (κ1) is 32.9. The average Bonchev–Trinajstić information content (AvgIpc) is 3.70. The summed E-state index contributed by atoms with van der Waals surface area (Å²) >= 11 is 0. The van der Waals surface area contributed by atoms with E-state index < -0.39 is 0 Å². The first-order valence-corrected chi connectivity index (χ1v) is 21.2. The van der Waals surface area contributed by atoms with Gasteiger partial charge in [0.25, 0.3) is 0 Å². The van der Waals surface area contributed by atoms with E-state index >= 15 is 0 Å². The monoisotopic (exact) mass is 770 g/mol. The van der Waals surface area contributed by atoms with Crippen LogP contribution in [0.15, 0.2) is 211 Å². The molecule has 0 aliphatic carbocycles. The van der Waals surface area contributed by atoms with Crippen LogP contribution in [0.5, 0.6) is 0 Å². The van der Waals surface area contributed by atoms with Crippen molar-refractivity contribution < 1.29 is 4.42 Å². The molecule has 0 saturated heterocycles. The van der Waals surface area contributed by atoms with Gasteiger partial charge in [-0.05, 0) is 150 Å². The lowest BCUT2D eigenvalue weighted by Crippen LogP contribution is -1.92. The summed E-state index contributed by atoms with van der Waals surface area (Å²) in [7, 11) is 0. The molecule has 0 N–H and O–H groups in total. The Morgan fingerprint density at radius 3 is 1.21 bits per heavy atom. The molecule has 0 aliphatic heterocycles. The van der Waals surface area contributed by atoms with Gasteiger partial charge in [0.2, 0.25) is 0 Å². The van der Waals surface area contributed by atoms with Crippen molar-refractivity contribution in [1.82, 2.24) is 0 Å². The molecular weight excluding hydrogens is 737 g/mol. The van der Waals surface area contributed by atoms with Crippen molar-refractivity contribution in [2.24, 2.45) is 0 Å². The summed E-state index contributed by atoms with van der Waals surface area (Å²) in [5.74, 6) is 0. The topological polar surface area (TPSA) is 13.1 Å². The van der Waals surface area contributed by atoms with E-state index in [2.05, 4.69) is 194 Å². The smallest absolute Gasteiger partial charge is 0.135 e. The number of furan rings is 1. The van der Waals surface area contributed by atoms with E-state index in [1.807, 2.05) is 12.1 Å². The highest BCUT2D eigenvalue weighted by Gasteiger charge is 2.20. The molecule has 0 bridgehead atoms. The number of para-hydroxylation sites is 1. The van der Waals surface area contributed by atoms with Gasteiger partial charge in [-0.2, -0.15) is 0 Å². The van der Waals surface area contributed by atoms with Gasteiger partial charge >= 0.3 is 0 Å². The third-order valence-electron chi connectivity index (χ3n) is 13.5. The lowest BCUT2D eigenvalue weighted by atomic mass is 9.83. The van der Waals surface area contributed by atoms with E-state index in [-0.39, 0.29) is 0 Å². The molecule has 0 fully saturated rings. The molecule has 13 aromatic carbocycles. The van der Waals surface area contributed by atoms with E-state index in [4.69, 9.17) is 4.42 Å². The normalized spacial score (nSPS) is 12.3. The SMILES string of the molecule is c1ccc2c(c1)oc1ccc(-c3ccc(-c4c5ccccc5c(-c5cc6ccc7cccc8c9cccc%10ccc%11cccc(c(c5)c6c78)c%11c%109)c5ccccc45)cc3)cc12. The Hall–Kier alpha value is -8.00. The van der Waals surface area contributed by atoms with Crippen molar-refractivity contribution in [3.8, 4) is 33.4 Å². The van der Waals surface area contributed by atoms with Gasteiger partial charge in [0.05, 0.1) is 0 Å². The quantitative estimate of drug-likeness (QED) is 0.129. The number of fused-ring (bicyclic) bond motifs is 7. The summed E-state index contributed by atoms with van der Waals surface area (Å²) in [6.45, 7) is 0. The molecule has 0 radical (unpaired) electrons. The van der Waals surface area contributed by atoms with Crippen LogP contribution in [0, 0.1) is 0 Å². The van der Waals surface area contributed by atoms with Crippen molar-refractivity contribution in [3.63, 3.8) is 0 Å². The predicted octanol–water partition coefficient (Wildman–Crippen LogP) is 17.3. The fourth-order valence-electron chi connectivity index (χ4n) is 10.9. The maximum Gasteiger partial charge on any atom is 0.135 e. The minimum atomic E-state index is 0.916. The lowest BCUT2D eigenvalue weighted by molar-refractivity contribution is 0.669. The van der Waals surface area contributed by atoms with Crippen LogP contribution in [-0.2, 0) is 0 Å². The summed E-state index contributed by atoms with van der Waals surface area (Å²) in [6, 6.07) is 76.7. The Labute approximate surface area is 350 Å². The van der Waals surface area contributed by atoms with Gasteiger partial charge in [-0.15, -0.1) is 0 Å². The van der Waals surface area contributed by atoms with E-state index in [1.54, 1.807) is 0 Å². The molecule has 1 heterocycles. The van der Waals surface area contributed by atoms with E-state index in [1.165, 1.54) is 120 Å². The van der Waals surface area contributed by atoms with E-state index in [9.17, 15) is 0 Å². The Kier molecular flexibility index (Phi) is 6.62. The van der Waals surface area contributed by atoms with Crippen molar-refractivity contribution in [2.75, 3.05) is 0 Å². The highest BCUT2D eigenvalue weighted by molar-refractivity contribution is 6.37. The molecule has 1 aromatic heterocycles. The molecule has 0 aliphatic rings. The second-order valence-corrected chi connectivity index (χ2v) is 16.7. The fourth-order valence-corrected chi connectivity index (χ4v) is 10.9. The van der Waals surface area contributed by atoms with Crippen LogP contribution in [-0.4, -0.2) is 0 Å².